The standard InChI is InChI=1S/C19H24N2O4S/c1-13-7-9-17(10-15(13)3)25-12-19(22)20-16-8-6-14(2)18(11-16)26(23,24)21(4)5/h6-11H,12H2,1-5H3,(H,20,22). The van der Waals surface area contributed by atoms with E-state index in [-0.39, 0.29) is 17.4 Å². The normalized spacial score (nSPS) is 11.5. The number of anilines is 1. The first-order valence-corrected chi connectivity index (χ1v) is 9.58. The predicted octanol–water partition coefficient (Wildman–Crippen LogP) is 2.88. The van der Waals surface area contributed by atoms with Gasteiger partial charge in [0.1, 0.15) is 5.75 Å². The molecule has 0 aliphatic rings. The van der Waals surface area contributed by atoms with Crippen LogP contribution in [0.25, 0.3) is 0 Å². The largest absolute Gasteiger partial charge is 0.484 e. The van der Waals surface area contributed by atoms with E-state index in [1.165, 1.54) is 20.2 Å². The minimum Gasteiger partial charge on any atom is -0.484 e. The first kappa shape index (κ1) is 19.9. The number of nitrogens with one attached hydrogen (secondary N) is 1. The van der Waals surface area contributed by atoms with E-state index in [0.717, 1.165) is 15.4 Å². The van der Waals surface area contributed by atoms with Crippen LogP contribution in [0.5, 0.6) is 5.75 Å². The first-order chi connectivity index (χ1) is 12.1. The molecule has 0 fully saturated rings. The number of rotatable bonds is 6. The second-order valence-electron chi connectivity index (χ2n) is 6.35. The Morgan fingerprint density at radius 2 is 1.65 bits per heavy atom. The summed E-state index contributed by atoms with van der Waals surface area (Å²) in [4.78, 5) is 12.3. The molecule has 0 spiro atoms. The SMILES string of the molecule is Cc1ccc(OCC(=O)Nc2ccc(C)c(S(=O)(=O)N(C)C)c2)cc1C. The molecule has 0 aromatic heterocycles. The predicted molar refractivity (Wildman–Crippen MR) is 102 cm³/mol. The van der Waals surface area contributed by atoms with Gasteiger partial charge in [0.15, 0.2) is 6.61 Å². The number of hydrogen-bond donors (Lipinski definition) is 1. The van der Waals surface area contributed by atoms with Gasteiger partial charge in [-0.2, -0.15) is 0 Å². The topological polar surface area (TPSA) is 75.7 Å². The molecule has 2 rings (SSSR count). The Bertz CT molecular complexity index is 921. The summed E-state index contributed by atoms with van der Waals surface area (Å²) in [5.41, 5.74) is 3.25. The van der Waals surface area contributed by atoms with Gasteiger partial charge in [-0.15, -0.1) is 0 Å². The van der Waals surface area contributed by atoms with Crippen molar-refractivity contribution in [2.75, 3.05) is 26.0 Å². The average Bonchev–Trinajstić information content (AvgIpc) is 2.57. The summed E-state index contributed by atoms with van der Waals surface area (Å²) < 4.78 is 31.3. The Morgan fingerprint density at radius 1 is 1.00 bits per heavy atom. The molecule has 0 saturated heterocycles. The molecule has 7 heteroatoms. The zero-order chi connectivity index (χ0) is 19.5. The fourth-order valence-corrected chi connectivity index (χ4v) is 3.45. The van der Waals surface area contributed by atoms with E-state index in [9.17, 15) is 13.2 Å². The third-order valence-corrected chi connectivity index (χ3v) is 6.04. The van der Waals surface area contributed by atoms with E-state index in [1.54, 1.807) is 19.1 Å². The summed E-state index contributed by atoms with van der Waals surface area (Å²) >= 11 is 0. The lowest BCUT2D eigenvalue weighted by atomic mass is 10.1. The third-order valence-electron chi connectivity index (χ3n) is 4.08. The van der Waals surface area contributed by atoms with E-state index in [4.69, 9.17) is 4.74 Å². The monoisotopic (exact) mass is 376 g/mol. The molecule has 0 aliphatic carbocycles. The van der Waals surface area contributed by atoms with E-state index in [1.807, 2.05) is 32.0 Å². The highest BCUT2D eigenvalue weighted by molar-refractivity contribution is 7.89. The van der Waals surface area contributed by atoms with Gasteiger partial charge in [0.2, 0.25) is 10.0 Å². The number of sulfonamides is 1. The van der Waals surface area contributed by atoms with Crippen LogP contribution in [-0.4, -0.2) is 39.3 Å². The Labute approximate surface area is 154 Å². The van der Waals surface area contributed by atoms with Crippen molar-refractivity contribution in [2.45, 2.75) is 25.7 Å². The Kier molecular flexibility index (Phi) is 6.05. The van der Waals surface area contributed by atoms with E-state index < -0.39 is 10.0 Å². The molecule has 0 unspecified atom stereocenters. The van der Waals surface area contributed by atoms with Gasteiger partial charge < -0.3 is 10.1 Å². The van der Waals surface area contributed by atoms with Gasteiger partial charge in [-0.1, -0.05) is 12.1 Å². The highest BCUT2D eigenvalue weighted by atomic mass is 32.2. The number of benzene rings is 2. The molecular formula is C19H24N2O4S. The fraction of sp³-hybridized carbons (Fsp3) is 0.316. The fourth-order valence-electron chi connectivity index (χ4n) is 2.30. The van der Waals surface area contributed by atoms with Crippen molar-refractivity contribution >= 4 is 21.6 Å². The Hall–Kier alpha value is -2.38. The zero-order valence-corrected chi connectivity index (χ0v) is 16.5. The van der Waals surface area contributed by atoms with E-state index in [0.29, 0.717) is 17.0 Å². The van der Waals surface area contributed by atoms with Gasteiger partial charge >= 0.3 is 0 Å². The molecule has 26 heavy (non-hydrogen) atoms. The molecule has 0 heterocycles. The van der Waals surface area contributed by atoms with E-state index >= 15 is 0 Å². The lowest BCUT2D eigenvalue weighted by Gasteiger charge is -2.15. The maximum atomic E-state index is 12.3. The van der Waals surface area contributed by atoms with Gasteiger partial charge in [0.05, 0.1) is 4.90 Å². The molecule has 0 aliphatic heterocycles. The number of carbonyl (C=O) groups is 1. The Balaban J connectivity index is 2.08. The highest BCUT2D eigenvalue weighted by Crippen LogP contribution is 2.22. The summed E-state index contributed by atoms with van der Waals surface area (Å²) in [6.07, 6.45) is 0. The summed E-state index contributed by atoms with van der Waals surface area (Å²) in [7, 11) is -0.640. The number of ether oxygens (including phenoxy) is 1. The van der Waals surface area contributed by atoms with Crippen LogP contribution in [0, 0.1) is 20.8 Å². The maximum absolute atomic E-state index is 12.3. The van der Waals surface area contributed by atoms with Crippen LogP contribution < -0.4 is 10.1 Å². The number of hydrogen-bond acceptors (Lipinski definition) is 4. The van der Waals surface area contributed by atoms with Crippen LogP contribution in [0.4, 0.5) is 5.69 Å². The summed E-state index contributed by atoms with van der Waals surface area (Å²) in [6, 6.07) is 10.4. The molecule has 0 bridgehead atoms. The molecule has 1 N–H and O–H groups in total. The number of amides is 1. The molecule has 140 valence electrons. The molecule has 0 radical (unpaired) electrons. The summed E-state index contributed by atoms with van der Waals surface area (Å²) in [6.45, 7) is 5.53. The lowest BCUT2D eigenvalue weighted by molar-refractivity contribution is -0.118. The minimum atomic E-state index is -3.58. The van der Waals surface area contributed by atoms with Crippen LogP contribution in [-0.2, 0) is 14.8 Å². The summed E-state index contributed by atoms with van der Waals surface area (Å²) in [5.74, 6) is 0.253. The number of carbonyl (C=O) groups excluding carboxylic acids is 1. The average molecular weight is 376 g/mol. The first-order valence-electron chi connectivity index (χ1n) is 8.14. The minimum absolute atomic E-state index is 0.161. The molecule has 0 saturated carbocycles. The van der Waals surface area contributed by atoms with Gasteiger partial charge in [-0.25, -0.2) is 12.7 Å². The zero-order valence-electron chi connectivity index (χ0n) is 15.7. The van der Waals surface area contributed by atoms with Crippen LogP contribution in [0.2, 0.25) is 0 Å². The lowest BCUT2D eigenvalue weighted by Crippen LogP contribution is -2.24. The van der Waals surface area contributed by atoms with Crippen molar-refractivity contribution in [3.8, 4) is 5.75 Å². The van der Waals surface area contributed by atoms with Crippen LogP contribution in [0.3, 0.4) is 0 Å². The van der Waals surface area contributed by atoms with Crippen molar-refractivity contribution in [3.05, 3.63) is 53.1 Å². The smallest absolute Gasteiger partial charge is 0.262 e. The van der Waals surface area contributed by atoms with Crippen molar-refractivity contribution < 1.29 is 17.9 Å². The maximum Gasteiger partial charge on any atom is 0.262 e. The quantitative estimate of drug-likeness (QED) is 0.841. The summed E-state index contributed by atoms with van der Waals surface area (Å²) in [5, 5.41) is 2.67. The van der Waals surface area contributed by atoms with Crippen molar-refractivity contribution in [1.82, 2.24) is 4.31 Å². The molecule has 6 nitrogen and oxygen atoms in total. The highest BCUT2D eigenvalue weighted by Gasteiger charge is 2.20. The number of aryl methyl sites for hydroxylation is 3. The van der Waals surface area contributed by atoms with Crippen LogP contribution >= 0.6 is 0 Å². The van der Waals surface area contributed by atoms with Crippen molar-refractivity contribution in [3.63, 3.8) is 0 Å². The second kappa shape index (κ2) is 7.88. The third kappa shape index (κ3) is 4.62. The number of nitrogens with zero attached hydrogens (tertiary/aromatic N) is 1. The molecule has 0 atom stereocenters. The van der Waals surface area contributed by atoms with Gasteiger partial charge in [0, 0.05) is 19.8 Å². The Morgan fingerprint density at radius 3 is 2.27 bits per heavy atom. The van der Waals surface area contributed by atoms with Gasteiger partial charge in [-0.3, -0.25) is 4.79 Å². The molecular weight excluding hydrogens is 352 g/mol. The van der Waals surface area contributed by atoms with Gasteiger partial charge in [-0.05, 0) is 61.7 Å². The van der Waals surface area contributed by atoms with Crippen molar-refractivity contribution in [1.29, 1.82) is 0 Å². The molecule has 2 aromatic carbocycles. The molecule has 1 amide bonds. The van der Waals surface area contributed by atoms with Crippen LogP contribution in [0.15, 0.2) is 41.3 Å². The van der Waals surface area contributed by atoms with Gasteiger partial charge in [0.25, 0.3) is 5.91 Å². The van der Waals surface area contributed by atoms with Crippen LogP contribution in [0.1, 0.15) is 16.7 Å². The van der Waals surface area contributed by atoms with Crippen molar-refractivity contribution in [2.24, 2.45) is 0 Å². The van der Waals surface area contributed by atoms with E-state index in [2.05, 4.69) is 5.32 Å². The second-order valence-corrected chi connectivity index (χ2v) is 8.47. The molecule has 2 aromatic rings.